The molecular formula is C15H18N2O. The Morgan fingerprint density at radius 3 is 2.67 bits per heavy atom. The SMILES string of the molecule is Cc1ccc(OCCc2ccncc2)c(CN)c1. The fraction of sp³-hybridized carbons (Fsp3) is 0.267. The Morgan fingerprint density at radius 2 is 1.94 bits per heavy atom. The predicted molar refractivity (Wildman–Crippen MR) is 72.5 cm³/mol. The van der Waals surface area contributed by atoms with Crippen LogP contribution in [0.5, 0.6) is 5.75 Å². The van der Waals surface area contributed by atoms with Gasteiger partial charge in [-0.15, -0.1) is 0 Å². The highest BCUT2D eigenvalue weighted by Crippen LogP contribution is 2.19. The van der Waals surface area contributed by atoms with Gasteiger partial charge in [0.25, 0.3) is 0 Å². The molecule has 0 saturated heterocycles. The summed E-state index contributed by atoms with van der Waals surface area (Å²) in [5.41, 5.74) is 9.21. The Kier molecular flexibility index (Phi) is 4.31. The molecule has 0 spiro atoms. The predicted octanol–water partition coefficient (Wildman–Crippen LogP) is 2.47. The Labute approximate surface area is 108 Å². The van der Waals surface area contributed by atoms with Crippen LogP contribution in [0.25, 0.3) is 0 Å². The monoisotopic (exact) mass is 242 g/mol. The van der Waals surface area contributed by atoms with Gasteiger partial charge in [-0.1, -0.05) is 17.7 Å². The maximum absolute atomic E-state index is 5.79. The molecule has 2 aromatic rings. The lowest BCUT2D eigenvalue weighted by Gasteiger charge is -2.11. The minimum atomic E-state index is 0.506. The largest absolute Gasteiger partial charge is 0.493 e. The molecular weight excluding hydrogens is 224 g/mol. The van der Waals surface area contributed by atoms with Gasteiger partial charge in [0, 0.05) is 30.9 Å². The molecule has 0 unspecified atom stereocenters. The van der Waals surface area contributed by atoms with Gasteiger partial charge in [-0.3, -0.25) is 4.98 Å². The molecule has 0 aliphatic carbocycles. The van der Waals surface area contributed by atoms with Gasteiger partial charge < -0.3 is 10.5 Å². The molecule has 0 radical (unpaired) electrons. The van der Waals surface area contributed by atoms with E-state index < -0.39 is 0 Å². The molecule has 18 heavy (non-hydrogen) atoms. The van der Waals surface area contributed by atoms with Gasteiger partial charge in [-0.25, -0.2) is 0 Å². The van der Waals surface area contributed by atoms with Gasteiger partial charge in [0.2, 0.25) is 0 Å². The summed E-state index contributed by atoms with van der Waals surface area (Å²) in [5, 5.41) is 0. The van der Waals surface area contributed by atoms with Crippen LogP contribution in [0.15, 0.2) is 42.7 Å². The Morgan fingerprint density at radius 1 is 1.17 bits per heavy atom. The Hall–Kier alpha value is -1.87. The van der Waals surface area contributed by atoms with Crippen LogP contribution < -0.4 is 10.5 Å². The molecule has 0 atom stereocenters. The molecule has 3 nitrogen and oxygen atoms in total. The number of benzene rings is 1. The van der Waals surface area contributed by atoms with Crippen molar-refractivity contribution in [2.24, 2.45) is 5.73 Å². The minimum absolute atomic E-state index is 0.506. The number of aryl methyl sites for hydroxylation is 1. The van der Waals surface area contributed by atoms with Crippen LogP contribution >= 0.6 is 0 Å². The lowest BCUT2D eigenvalue weighted by molar-refractivity contribution is 0.318. The third kappa shape index (κ3) is 3.31. The number of rotatable bonds is 5. The summed E-state index contributed by atoms with van der Waals surface area (Å²) in [4.78, 5) is 3.99. The fourth-order valence-electron chi connectivity index (χ4n) is 1.84. The number of pyridine rings is 1. The first-order valence-corrected chi connectivity index (χ1v) is 6.11. The Balaban J connectivity index is 1.94. The quantitative estimate of drug-likeness (QED) is 0.876. The number of nitrogens with two attached hydrogens (primary N) is 1. The van der Waals surface area contributed by atoms with E-state index >= 15 is 0 Å². The second-order valence-electron chi connectivity index (χ2n) is 4.27. The van der Waals surface area contributed by atoms with Crippen LogP contribution in [0.3, 0.4) is 0 Å². The third-order valence-corrected chi connectivity index (χ3v) is 2.83. The van der Waals surface area contributed by atoms with Gasteiger partial charge in [0.1, 0.15) is 5.75 Å². The van der Waals surface area contributed by atoms with E-state index in [1.165, 1.54) is 11.1 Å². The van der Waals surface area contributed by atoms with Crippen LogP contribution in [-0.2, 0) is 13.0 Å². The number of nitrogens with zero attached hydrogens (tertiary/aromatic N) is 1. The summed E-state index contributed by atoms with van der Waals surface area (Å²) in [6, 6.07) is 10.1. The molecule has 0 bridgehead atoms. The molecule has 0 amide bonds. The summed E-state index contributed by atoms with van der Waals surface area (Å²) in [6.45, 7) is 3.21. The smallest absolute Gasteiger partial charge is 0.123 e. The summed E-state index contributed by atoms with van der Waals surface area (Å²) < 4.78 is 5.79. The van der Waals surface area contributed by atoms with Crippen LogP contribution in [0.4, 0.5) is 0 Å². The molecule has 2 rings (SSSR count). The number of aromatic nitrogens is 1. The highest BCUT2D eigenvalue weighted by atomic mass is 16.5. The molecule has 1 heterocycles. The zero-order valence-corrected chi connectivity index (χ0v) is 10.6. The van der Waals surface area contributed by atoms with Crippen LogP contribution in [-0.4, -0.2) is 11.6 Å². The van der Waals surface area contributed by atoms with E-state index in [-0.39, 0.29) is 0 Å². The van der Waals surface area contributed by atoms with E-state index in [2.05, 4.69) is 18.0 Å². The van der Waals surface area contributed by atoms with Crippen molar-refractivity contribution in [1.82, 2.24) is 4.98 Å². The lowest BCUT2D eigenvalue weighted by Crippen LogP contribution is -2.06. The summed E-state index contributed by atoms with van der Waals surface area (Å²) in [7, 11) is 0. The number of hydrogen-bond donors (Lipinski definition) is 1. The average Bonchev–Trinajstić information content (AvgIpc) is 2.41. The lowest BCUT2D eigenvalue weighted by atomic mass is 10.1. The van der Waals surface area contributed by atoms with Gasteiger partial charge in [0.15, 0.2) is 0 Å². The highest BCUT2D eigenvalue weighted by molar-refractivity contribution is 5.36. The average molecular weight is 242 g/mol. The van der Waals surface area contributed by atoms with Crippen LogP contribution in [0.2, 0.25) is 0 Å². The molecule has 1 aromatic heterocycles. The first-order valence-electron chi connectivity index (χ1n) is 6.11. The zero-order valence-electron chi connectivity index (χ0n) is 10.6. The van der Waals surface area contributed by atoms with Crippen molar-refractivity contribution >= 4 is 0 Å². The summed E-state index contributed by atoms with van der Waals surface area (Å²) in [6.07, 6.45) is 4.47. The van der Waals surface area contributed by atoms with Crippen molar-refractivity contribution in [3.05, 3.63) is 59.4 Å². The van der Waals surface area contributed by atoms with E-state index in [0.29, 0.717) is 13.2 Å². The summed E-state index contributed by atoms with van der Waals surface area (Å²) in [5.74, 6) is 0.886. The maximum Gasteiger partial charge on any atom is 0.123 e. The van der Waals surface area contributed by atoms with Gasteiger partial charge >= 0.3 is 0 Å². The highest BCUT2D eigenvalue weighted by Gasteiger charge is 2.02. The molecule has 1 aromatic carbocycles. The summed E-state index contributed by atoms with van der Waals surface area (Å²) >= 11 is 0. The van der Waals surface area contributed by atoms with Crippen molar-refractivity contribution in [3.63, 3.8) is 0 Å². The molecule has 94 valence electrons. The second-order valence-corrected chi connectivity index (χ2v) is 4.27. The number of ether oxygens (including phenoxy) is 1. The van der Waals surface area contributed by atoms with E-state index in [1.807, 2.05) is 24.3 Å². The van der Waals surface area contributed by atoms with Crippen LogP contribution in [0, 0.1) is 6.92 Å². The number of hydrogen-bond acceptors (Lipinski definition) is 3. The third-order valence-electron chi connectivity index (χ3n) is 2.83. The topological polar surface area (TPSA) is 48.1 Å². The fourth-order valence-corrected chi connectivity index (χ4v) is 1.84. The van der Waals surface area contributed by atoms with Crippen molar-refractivity contribution in [3.8, 4) is 5.75 Å². The molecule has 3 heteroatoms. The van der Waals surface area contributed by atoms with E-state index in [1.54, 1.807) is 12.4 Å². The van der Waals surface area contributed by atoms with E-state index in [9.17, 15) is 0 Å². The molecule has 0 saturated carbocycles. The molecule has 0 aliphatic heterocycles. The normalized spacial score (nSPS) is 10.3. The van der Waals surface area contributed by atoms with Crippen molar-refractivity contribution in [2.45, 2.75) is 19.9 Å². The van der Waals surface area contributed by atoms with Crippen LogP contribution in [0.1, 0.15) is 16.7 Å². The van der Waals surface area contributed by atoms with Gasteiger partial charge in [-0.05, 0) is 30.7 Å². The first-order chi connectivity index (χ1) is 8.79. The second kappa shape index (κ2) is 6.17. The Bertz CT molecular complexity index is 497. The standard InChI is InChI=1S/C15H18N2O/c1-12-2-3-15(14(10-12)11-16)18-9-6-13-4-7-17-8-5-13/h2-5,7-8,10H,6,9,11,16H2,1H3. The first kappa shape index (κ1) is 12.6. The van der Waals surface area contributed by atoms with Gasteiger partial charge in [0.05, 0.1) is 6.61 Å². The molecule has 0 fully saturated rings. The van der Waals surface area contributed by atoms with E-state index in [4.69, 9.17) is 10.5 Å². The zero-order chi connectivity index (χ0) is 12.8. The van der Waals surface area contributed by atoms with Crippen molar-refractivity contribution in [2.75, 3.05) is 6.61 Å². The minimum Gasteiger partial charge on any atom is -0.493 e. The van der Waals surface area contributed by atoms with E-state index in [0.717, 1.165) is 17.7 Å². The van der Waals surface area contributed by atoms with Gasteiger partial charge in [-0.2, -0.15) is 0 Å². The molecule has 0 aliphatic rings. The molecule has 2 N–H and O–H groups in total. The van der Waals surface area contributed by atoms with Crippen molar-refractivity contribution < 1.29 is 4.74 Å². The van der Waals surface area contributed by atoms with Crippen molar-refractivity contribution in [1.29, 1.82) is 0 Å². The maximum atomic E-state index is 5.79.